The highest BCUT2D eigenvalue weighted by Gasteiger charge is 2.16. The topological polar surface area (TPSA) is 32.3 Å². The number of nitrogens with zero attached hydrogens (tertiary/aromatic N) is 1. The summed E-state index contributed by atoms with van der Waals surface area (Å²) in [5.41, 5.74) is 3.44. The standard InChI is InChI=1S/C20H26N2OS/c1-3-22(4-2)17-12-10-16(11-13-17)21-20(23)19-14-15-8-6-5-7-9-18(15)24-19/h10-14H,3-9H2,1-2H3,(H,21,23). The van der Waals surface area contributed by atoms with Gasteiger partial charge >= 0.3 is 0 Å². The average molecular weight is 343 g/mol. The Morgan fingerprint density at radius 2 is 1.79 bits per heavy atom. The average Bonchev–Trinajstić information content (AvgIpc) is 2.88. The van der Waals surface area contributed by atoms with Crippen LogP contribution in [0.2, 0.25) is 0 Å². The number of carbonyl (C=O) groups excluding carboxylic acids is 1. The van der Waals surface area contributed by atoms with Crippen molar-refractivity contribution in [2.75, 3.05) is 23.3 Å². The largest absolute Gasteiger partial charge is 0.372 e. The van der Waals surface area contributed by atoms with Crippen LogP contribution in [0.15, 0.2) is 30.3 Å². The second-order valence-electron chi connectivity index (χ2n) is 6.29. The van der Waals surface area contributed by atoms with E-state index in [-0.39, 0.29) is 5.91 Å². The molecule has 1 amide bonds. The van der Waals surface area contributed by atoms with Gasteiger partial charge in [-0.25, -0.2) is 0 Å². The molecule has 0 radical (unpaired) electrons. The second-order valence-corrected chi connectivity index (χ2v) is 7.43. The molecular weight excluding hydrogens is 316 g/mol. The molecule has 0 saturated carbocycles. The lowest BCUT2D eigenvalue weighted by molar-refractivity contribution is 0.103. The van der Waals surface area contributed by atoms with Crippen LogP contribution >= 0.6 is 11.3 Å². The summed E-state index contributed by atoms with van der Waals surface area (Å²) in [6, 6.07) is 10.2. The molecule has 2 aromatic rings. The molecule has 0 bridgehead atoms. The molecule has 1 aromatic carbocycles. The Bertz CT molecular complexity index is 663. The lowest BCUT2D eigenvalue weighted by Gasteiger charge is -2.21. The fourth-order valence-corrected chi connectivity index (χ4v) is 4.47. The highest BCUT2D eigenvalue weighted by molar-refractivity contribution is 7.14. The number of rotatable bonds is 5. The summed E-state index contributed by atoms with van der Waals surface area (Å²) in [7, 11) is 0. The van der Waals surface area contributed by atoms with Crippen LogP contribution in [0.4, 0.5) is 11.4 Å². The molecule has 1 aromatic heterocycles. The zero-order valence-corrected chi connectivity index (χ0v) is 15.4. The van der Waals surface area contributed by atoms with E-state index in [4.69, 9.17) is 0 Å². The molecule has 1 aliphatic rings. The fourth-order valence-electron chi connectivity index (χ4n) is 3.32. The van der Waals surface area contributed by atoms with E-state index in [1.165, 1.54) is 35.4 Å². The van der Waals surface area contributed by atoms with Gasteiger partial charge in [-0.1, -0.05) is 6.42 Å². The maximum Gasteiger partial charge on any atom is 0.265 e. The van der Waals surface area contributed by atoms with E-state index in [9.17, 15) is 4.79 Å². The Hall–Kier alpha value is -1.81. The summed E-state index contributed by atoms with van der Waals surface area (Å²) in [5, 5.41) is 3.04. The number of amides is 1. The van der Waals surface area contributed by atoms with E-state index in [1.807, 2.05) is 12.1 Å². The predicted molar refractivity (Wildman–Crippen MR) is 104 cm³/mol. The molecule has 0 unspecified atom stereocenters. The number of hydrogen-bond donors (Lipinski definition) is 1. The molecule has 0 fully saturated rings. The van der Waals surface area contributed by atoms with E-state index in [2.05, 4.69) is 42.3 Å². The number of aryl methyl sites for hydroxylation is 2. The van der Waals surface area contributed by atoms with E-state index in [0.29, 0.717) is 0 Å². The number of thiophene rings is 1. The molecule has 4 heteroatoms. The van der Waals surface area contributed by atoms with Gasteiger partial charge in [-0.15, -0.1) is 11.3 Å². The fraction of sp³-hybridized carbons (Fsp3) is 0.450. The molecule has 1 aliphatic carbocycles. The Labute approximate surface area is 148 Å². The summed E-state index contributed by atoms with van der Waals surface area (Å²) in [5.74, 6) is 0.0173. The van der Waals surface area contributed by atoms with Crippen LogP contribution < -0.4 is 10.2 Å². The van der Waals surface area contributed by atoms with E-state index in [0.717, 1.165) is 36.5 Å². The van der Waals surface area contributed by atoms with Crippen LogP contribution in [0.3, 0.4) is 0 Å². The zero-order chi connectivity index (χ0) is 16.9. The number of anilines is 2. The van der Waals surface area contributed by atoms with Crippen LogP contribution in [0.5, 0.6) is 0 Å². The first-order valence-corrected chi connectivity index (χ1v) is 9.80. The Morgan fingerprint density at radius 3 is 2.50 bits per heavy atom. The van der Waals surface area contributed by atoms with Gasteiger partial charge in [-0.2, -0.15) is 0 Å². The second kappa shape index (κ2) is 7.84. The highest BCUT2D eigenvalue weighted by Crippen LogP contribution is 2.29. The third-order valence-electron chi connectivity index (χ3n) is 4.72. The molecular formula is C20H26N2OS. The minimum Gasteiger partial charge on any atom is -0.372 e. The van der Waals surface area contributed by atoms with E-state index >= 15 is 0 Å². The summed E-state index contributed by atoms with van der Waals surface area (Å²) in [4.78, 5) is 17.1. The number of hydrogen-bond acceptors (Lipinski definition) is 3. The Morgan fingerprint density at radius 1 is 1.08 bits per heavy atom. The number of benzene rings is 1. The summed E-state index contributed by atoms with van der Waals surface area (Å²) < 4.78 is 0. The summed E-state index contributed by atoms with van der Waals surface area (Å²) >= 11 is 1.67. The van der Waals surface area contributed by atoms with Crippen LogP contribution in [-0.2, 0) is 12.8 Å². The first kappa shape index (κ1) is 17.0. The van der Waals surface area contributed by atoms with Crippen molar-refractivity contribution in [1.82, 2.24) is 0 Å². The molecule has 24 heavy (non-hydrogen) atoms. The highest BCUT2D eigenvalue weighted by atomic mass is 32.1. The predicted octanol–water partition coefficient (Wildman–Crippen LogP) is 5.12. The van der Waals surface area contributed by atoms with Crippen LogP contribution in [-0.4, -0.2) is 19.0 Å². The SMILES string of the molecule is CCN(CC)c1ccc(NC(=O)c2cc3c(s2)CCCCC3)cc1. The molecule has 3 rings (SSSR count). The molecule has 0 atom stereocenters. The summed E-state index contributed by atoms with van der Waals surface area (Å²) in [6.45, 7) is 6.28. The van der Waals surface area contributed by atoms with Gasteiger partial charge < -0.3 is 10.2 Å². The minimum atomic E-state index is 0.0173. The van der Waals surface area contributed by atoms with Crippen molar-refractivity contribution < 1.29 is 4.79 Å². The van der Waals surface area contributed by atoms with Crippen LogP contribution in [0.25, 0.3) is 0 Å². The Kier molecular flexibility index (Phi) is 5.56. The minimum absolute atomic E-state index is 0.0173. The van der Waals surface area contributed by atoms with Crippen LogP contribution in [0, 0.1) is 0 Å². The van der Waals surface area contributed by atoms with Crippen molar-refractivity contribution in [3.8, 4) is 0 Å². The van der Waals surface area contributed by atoms with Gasteiger partial charge in [-0.3, -0.25) is 4.79 Å². The molecule has 1 N–H and O–H groups in total. The van der Waals surface area contributed by atoms with Gasteiger partial charge in [0.2, 0.25) is 0 Å². The van der Waals surface area contributed by atoms with Gasteiger partial charge in [0.15, 0.2) is 0 Å². The number of carbonyl (C=O) groups is 1. The molecule has 3 nitrogen and oxygen atoms in total. The van der Waals surface area contributed by atoms with E-state index in [1.54, 1.807) is 11.3 Å². The normalized spacial score (nSPS) is 13.9. The lowest BCUT2D eigenvalue weighted by Crippen LogP contribution is -2.21. The van der Waals surface area contributed by atoms with Gasteiger partial charge in [0, 0.05) is 29.3 Å². The van der Waals surface area contributed by atoms with Crippen molar-refractivity contribution in [2.24, 2.45) is 0 Å². The molecule has 1 heterocycles. The quantitative estimate of drug-likeness (QED) is 0.765. The van der Waals surface area contributed by atoms with E-state index < -0.39 is 0 Å². The monoisotopic (exact) mass is 342 g/mol. The van der Waals surface area contributed by atoms with Crippen molar-refractivity contribution in [2.45, 2.75) is 46.0 Å². The van der Waals surface area contributed by atoms with Gasteiger partial charge in [-0.05, 0) is 75.4 Å². The molecule has 0 saturated heterocycles. The lowest BCUT2D eigenvalue weighted by atomic mass is 10.1. The first-order valence-electron chi connectivity index (χ1n) is 8.99. The van der Waals surface area contributed by atoms with Gasteiger partial charge in [0.05, 0.1) is 4.88 Å². The third kappa shape index (κ3) is 3.81. The molecule has 128 valence electrons. The molecule has 0 aliphatic heterocycles. The van der Waals surface area contributed by atoms with Crippen molar-refractivity contribution >= 4 is 28.6 Å². The summed E-state index contributed by atoms with van der Waals surface area (Å²) in [6.07, 6.45) is 6.06. The van der Waals surface area contributed by atoms with Crippen LogP contribution in [0.1, 0.15) is 53.2 Å². The van der Waals surface area contributed by atoms with Crippen molar-refractivity contribution in [1.29, 1.82) is 0 Å². The Balaban J connectivity index is 1.68. The van der Waals surface area contributed by atoms with Gasteiger partial charge in [0.25, 0.3) is 5.91 Å². The number of nitrogens with one attached hydrogen (secondary N) is 1. The number of fused-ring (bicyclic) bond motifs is 1. The van der Waals surface area contributed by atoms with Crippen molar-refractivity contribution in [3.63, 3.8) is 0 Å². The smallest absolute Gasteiger partial charge is 0.265 e. The van der Waals surface area contributed by atoms with Crippen molar-refractivity contribution in [3.05, 3.63) is 45.6 Å². The first-order chi connectivity index (χ1) is 11.7. The van der Waals surface area contributed by atoms with Gasteiger partial charge in [0.1, 0.15) is 0 Å². The maximum absolute atomic E-state index is 12.5. The zero-order valence-electron chi connectivity index (χ0n) is 14.6. The maximum atomic E-state index is 12.5. The third-order valence-corrected chi connectivity index (χ3v) is 5.96. The molecule has 0 spiro atoms.